The summed E-state index contributed by atoms with van der Waals surface area (Å²) in [5, 5.41) is 6.19. The number of hydrogen-bond acceptors (Lipinski definition) is 4. The summed E-state index contributed by atoms with van der Waals surface area (Å²) >= 11 is 0. The minimum absolute atomic E-state index is 0.149. The third kappa shape index (κ3) is 3.84. The van der Waals surface area contributed by atoms with Crippen molar-refractivity contribution in [1.29, 1.82) is 0 Å². The van der Waals surface area contributed by atoms with E-state index in [4.69, 9.17) is 11.5 Å². The van der Waals surface area contributed by atoms with Gasteiger partial charge in [0, 0.05) is 24.7 Å². The Morgan fingerprint density at radius 1 is 1.28 bits per heavy atom. The quantitative estimate of drug-likeness (QED) is 0.451. The van der Waals surface area contributed by atoms with Crippen molar-refractivity contribution < 1.29 is 4.79 Å². The molecule has 1 aliphatic rings. The topological polar surface area (TPSA) is 93.2 Å². The molecule has 0 aliphatic heterocycles. The van der Waals surface area contributed by atoms with Crippen LogP contribution in [0.25, 0.3) is 0 Å². The van der Waals surface area contributed by atoms with E-state index in [1.165, 1.54) is 0 Å². The molecule has 0 heterocycles. The largest absolute Gasteiger partial charge is 0.397 e. The number of hydrogen-bond donors (Lipinski definition) is 4. The summed E-state index contributed by atoms with van der Waals surface area (Å²) in [5.74, 6) is 0.149. The van der Waals surface area contributed by atoms with Crippen LogP contribution in [0.4, 0.5) is 17.1 Å². The van der Waals surface area contributed by atoms with E-state index in [0.29, 0.717) is 23.8 Å². The van der Waals surface area contributed by atoms with Gasteiger partial charge in [-0.05, 0) is 37.5 Å². The molecule has 1 saturated carbocycles. The molecule has 2 rings (SSSR count). The summed E-state index contributed by atoms with van der Waals surface area (Å²) in [7, 11) is 0. The Labute approximate surface area is 107 Å². The molecule has 0 aromatic heterocycles. The molecule has 0 atom stereocenters. The average Bonchev–Trinajstić information content (AvgIpc) is 3.13. The molecule has 0 spiro atoms. The SMILES string of the molecule is Nc1ccc(NCCCC(=O)NC2CC2)cc1N. The number of nitrogens with one attached hydrogen (secondary N) is 2. The van der Waals surface area contributed by atoms with Crippen molar-refractivity contribution in [3.05, 3.63) is 18.2 Å². The minimum atomic E-state index is 0.149. The van der Waals surface area contributed by atoms with E-state index < -0.39 is 0 Å². The normalized spacial score (nSPS) is 14.2. The zero-order valence-electron chi connectivity index (χ0n) is 10.4. The lowest BCUT2D eigenvalue weighted by molar-refractivity contribution is -0.121. The highest BCUT2D eigenvalue weighted by Gasteiger charge is 2.22. The number of carbonyl (C=O) groups excluding carboxylic acids is 1. The van der Waals surface area contributed by atoms with Gasteiger partial charge in [0.1, 0.15) is 0 Å². The van der Waals surface area contributed by atoms with E-state index in [2.05, 4.69) is 10.6 Å². The molecule has 1 aromatic rings. The number of amides is 1. The Bertz CT molecular complexity index is 429. The molecule has 1 aromatic carbocycles. The second-order valence-electron chi connectivity index (χ2n) is 4.72. The van der Waals surface area contributed by atoms with Crippen LogP contribution in [0.2, 0.25) is 0 Å². The Kier molecular flexibility index (Phi) is 3.92. The number of benzene rings is 1. The van der Waals surface area contributed by atoms with Gasteiger partial charge in [-0.2, -0.15) is 0 Å². The van der Waals surface area contributed by atoms with Crippen LogP contribution >= 0.6 is 0 Å². The molecule has 0 radical (unpaired) electrons. The first-order chi connectivity index (χ1) is 8.65. The first kappa shape index (κ1) is 12.5. The summed E-state index contributed by atoms with van der Waals surface area (Å²) in [4.78, 5) is 11.4. The van der Waals surface area contributed by atoms with Gasteiger partial charge in [-0.1, -0.05) is 0 Å². The summed E-state index contributed by atoms with van der Waals surface area (Å²) in [6.07, 6.45) is 3.64. The minimum Gasteiger partial charge on any atom is -0.397 e. The second-order valence-corrected chi connectivity index (χ2v) is 4.72. The number of nitrogens with two attached hydrogens (primary N) is 2. The third-order valence-electron chi connectivity index (χ3n) is 2.94. The molecule has 5 nitrogen and oxygen atoms in total. The van der Waals surface area contributed by atoms with Gasteiger partial charge in [0.2, 0.25) is 5.91 Å². The van der Waals surface area contributed by atoms with Crippen LogP contribution in [0, 0.1) is 0 Å². The molecule has 98 valence electrons. The van der Waals surface area contributed by atoms with Crippen molar-refractivity contribution >= 4 is 23.0 Å². The fourth-order valence-electron chi connectivity index (χ4n) is 1.69. The second kappa shape index (κ2) is 5.62. The van der Waals surface area contributed by atoms with Crippen LogP contribution in [0.15, 0.2) is 18.2 Å². The predicted molar refractivity (Wildman–Crippen MR) is 74.2 cm³/mol. The monoisotopic (exact) mass is 248 g/mol. The van der Waals surface area contributed by atoms with Crippen molar-refractivity contribution in [3.8, 4) is 0 Å². The molecule has 5 heteroatoms. The number of rotatable bonds is 6. The first-order valence-electron chi connectivity index (χ1n) is 6.33. The molecule has 0 unspecified atom stereocenters. The maximum atomic E-state index is 11.4. The van der Waals surface area contributed by atoms with E-state index in [0.717, 1.165) is 31.5 Å². The summed E-state index contributed by atoms with van der Waals surface area (Å²) in [6, 6.07) is 5.91. The Morgan fingerprint density at radius 3 is 2.72 bits per heavy atom. The van der Waals surface area contributed by atoms with Gasteiger partial charge in [-0.3, -0.25) is 4.79 Å². The Morgan fingerprint density at radius 2 is 2.06 bits per heavy atom. The van der Waals surface area contributed by atoms with Gasteiger partial charge in [-0.15, -0.1) is 0 Å². The zero-order chi connectivity index (χ0) is 13.0. The molecule has 0 saturated heterocycles. The fraction of sp³-hybridized carbons (Fsp3) is 0.462. The predicted octanol–water partition coefficient (Wildman–Crippen LogP) is 1.32. The lowest BCUT2D eigenvalue weighted by Crippen LogP contribution is -2.25. The molecule has 6 N–H and O–H groups in total. The zero-order valence-corrected chi connectivity index (χ0v) is 10.4. The van der Waals surface area contributed by atoms with Crippen molar-refractivity contribution in [2.45, 2.75) is 31.7 Å². The van der Waals surface area contributed by atoms with Crippen LogP contribution in [-0.2, 0) is 4.79 Å². The number of nitrogen functional groups attached to an aromatic ring is 2. The van der Waals surface area contributed by atoms with Crippen LogP contribution in [-0.4, -0.2) is 18.5 Å². The van der Waals surface area contributed by atoms with Gasteiger partial charge >= 0.3 is 0 Å². The summed E-state index contributed by atoms with van der Waals surface area (Å²) in [6.45, 7) is 0.751. The van der Waals surface area contributed by atoms with Gasteiger partial charge in [-0.25, -0.2) is 0 Å². The maximum absolute atomic E-state index is 11.4. The molecular weight excluding hydrogens is 228 g/mol. The maximum Gasteiger partial charge on any atom is 0.220 e. The number of carbonyl (C=O) groups is 1. The van der Waals surface area contributed by atoms with Crippen LogP contribution < -0.4 is 22.1 Å². The molecular formula is C13H20N4O. The molecule has 1 aliphatic carbocycles. The van der Waals surface area contributed by atoms with Crippen LogP contribution in [0.3, 0.4) is 0 Å². The van der Waals surface area contributed by atoms with Crippen LogP contribution in [0.5, 0.6) is 0 Å². The fourth-order valence-corrected chi connectivity index (χ4v) is 1.69. The van der Waals surface area contributed by atoms with Gasteiger partial charge in [0.05, 0.1) is 11.4 Å². The highest BCUT2D eigenvalue weighted by atomic mass is 16.1. The summed E-state index contributed by atoms with van der Waals surface area (Å²) in [5.41, 5.74) is 13.4. The molecule has 1 fully saturated rings. The summed E-state index contributed by atoms with van der Waals surface area (Å²) < 4.78 is 0. The average molecular weight is 248 g/mol. The smallest absolute Gasteiger partial charge is 0.220 e. The third-order valence-corrected chi connectivity index (χ3v) is 2.94. The Balaban J connectivity index is 1.64. The number of anilines is 3. The van der Waals surface area contributed by atoms with Crippen molar-refractivity contribution in [2.24, 2.45) is 0 Å². The van der Waals surface area contributed by atoms with E-state index in [1.54, 1.807) is 12.1 Å². The van der Waals surface area contributed by atoms with Gasteiger partial charge < -0.3 is 22.1 Å². The van der Waals surface area contributed by atoms with Crippen molar-refractivity contribution in [1.82, 2.24) is 5.32 Å². The molecule has 18 heavy (non-hydrogen) atoms. The van der Waals surface area contributed by atoms with Gasteiger partial charge in [0.25, 0.3) is 0 Å². The van der Waals surface area contributed by atoms with E-state index >= 15 is 0 Å². The van der Waals surface area contributed by atoms with Crippen molar-refractivity contribution in [3.63, 3.8) is 0 Å². The highest BCUT2D eigenvalue weighted by Crippen LogP contribution is 2.20. The standard InChI is InChI=1S/C13H20N4O/c14-11-6-5-10(8-12(11)15)16-7-1-2-13(18)17-9-3-4-9/h5-6,8-9,16H,1-4,7,14-15H2,(H,17,18). The first-order valence-corrected chi connectivity index (χ1v) is 6.33. The van der Waals surface area contributed by atoms with Gasteiger partial charge in [0.15, 0.2) is 0 Å². The van der Waals surface area contributed by atoms with Crippen molar-refractivity contribution in [2.75, 3.05) is 23.3 Å². The lowest BCUT2D eigenvalue weighted by Gasteiger charge is -2.08. The molecule has 1 amide bonds. The Hall–Kier alpha value is -1.91. The van der Waals surface area contributed by atoms with Crippen LogP contribution in [0.1, 0.15) is 25.7 Å². The van der Waals surface area contributed by atoms with E-state index in [1.807, 2.05) is 6.07 Å². The van der Waals surface area contributed by atoms with E-state index in [-0.39, 0.29) is 5.91 Å². The molecule has 0 bridgehead atoms. The highest BCUT2D eigenvalue weighted by molar-refractivity contribution is 5.76. The lowest BCUT2D eigenvalue weighted by atomic mass is 10.2. The van der Waals surface area contributed by atoms with E-state index in [9.17, 15) is 4.79 Å².